The minimum atomic E-state index is -0.942. The van der Waals surface area contributed by atoms with Gasteiger partial charge in [0.25, 0.3) is 5.91 Å². The number of fused-ring (bicyclic) bond motifs is 1. The summed E-state index contributed by atoms with van der Waals surface area (Å²) in [5, 5.41) is 22.9. The Bertz CT molecular complexity index is 911. The quantitative estimate of drug-likeness (QED) is 0.742. The van der Waals surface area contributed by atoms with Crippen molar-refractivity contribution in [3.05, 3.63) is 48.0 Å². The van der Waals surface area contributed by atoms with Crippen LogP contribution in [-0.2, 0) is 0 Å². The Hall–Kier alpha value is -2.80. The van der Waals surface area contributed by atoms with E-state index in [1.165, 1.54) is 0 Å². The molecule has 0 aliphatic rings. The Kier molecular flexibility index (Phi) is 4.50. The summed E-state index contributed by atoms with van der Waals surface area (Å²) in [6.07, 6.45) is 4.05. The molecule has 0 saturated heterocycles. The number of aromatic nitrogens is 4. The molecule has 0 aliphatic carbocycles. The third-order valence-corrected chi connectivity index (χ3v) is 4.39. The SMILES string of the molecule is CC[C@](C)(O)CNC(=O)c1nnn(-c2cccc3cnccc23)c1C. The van der Waals surface area contributed by atoms with E-state index in [1.807, 2.05) is 31.2 Å². The maximum Gasteiger partial charge on any atom is 0.273 e. The van der Waals surface area contributed by atoms with Gasteiger partial charge in [-0.1, -0.05) is 24.3 Å². The first kappa shape index (κ1) is 17.0. The predicted octanol–water partition coefficient (Wildman–Crippen LogP) is 2.01. The molecule has 1 atom stereocenters. The minimum Gasteiger partial charge on any atom is -0.388 e. The van der Waals surface area contributed by atoms with Crippen molar-refractivity contribution in [1.82, 2.24) is 25.3 Å². The number of benzene rings is 1. The number of hydrogen-bond donors (Lipinski definition) is 2. The van der Waals surface area contributed by atoms with Gasteiger partial charge in [0.15, 0.2) is 5.69 Å². The second-order valence-electron chi connectivity index (χ2n) is 6.34. The van der Waals surface area contributed by atoms with E-state index in [0.29, 0.717) is 12.1 Å². The highest BCUT2D eigenvalue weighted by molar-refractivity contribution is 5.94. The lowest BCUT2D eigenvalue weighted by Crippen LogP contribution is -2.40. The van der Waals surface area contributed by atoms with Crippen LogP contribution in [-0.4, -0.2) is 43.1 Å². The lowest BCUT2D eigenvalue weighted by molar-refractivity contribution is 0.0517. The molecule has 2 heterocycles. The maximum atomic E-state index is 12.4. The number of aliphatic hydroxyl groups is 1. The first-order chi connectivity index (χ1) is 11.9. The second kappa shape index (κ2) is 6.60. The topological polar surface area (TPSA) is 92.9 Å². The first-order valence-corrected chi connectivity index (χ1v) is 8.19. The molecule has 0 unspecified atom stereocenters. The summed E-state index contributed by atoms with van der Waals surface area (Å²) in [5.74, 6) is -0.348. The number of rotatable bonds is 5. The van der Waals surface area contributed by atoms with Crippen LogP contribution in [0.5, 0.6) is 0 Å². The molecule has 0 fully saturated rings. The largest absolute Gasteiger partial charge is 0.388 e. The van der Waals surface area contributed by atoms with E-state index in [2.05, 4.69) is 20.6 Å². The van der Waals surface area contributed by atoms with E-state index >= 15 is 0 Å². The fourth-order valence-corrected chi connectivity index (χ4v) is 2.54. The molecule has 0 radical (unpaired) electrons. The van der Waals surface area contributed by atoms with Crippen LogP contribution in [0.2, 0.25) is 0 Å². The van der Waals surface area contributed by atoms with Gasteiger partial charge in [-0.05, 0) is 32.4 Å². The van der Waals surface area contributed by atoms with Crippen LogP contribution in [0.15, 0.2) is 36.7 Å². The van der Waals surface area contributed by atoms with Gasteiger partial charge in [-0.15, -0.1) is 5.10 Å². The number of nitrogens with one attached hydrogen (secondary N) is 1. The molecule has 7 heteroatoms. The van der Waals surface area contributed by atoms with Gasteiger partial charge in [0.1, 0.15) is 0 Å². The van der Waals surface area contributed by atoms with Crippen molar-refractivity contribution in [2.24, 2.45) is 0 Å². The lowest BCUT2D eigenvalue weighted by Gasteiger charge is -2.21. The summed E-state index contributed by atoms with van der Waals surface area (Å²) < 4.78 is 1.65. The van der Waals surface area contributed by atoms with Gasteiger partial charge in [0.2, 0.25) is 0 Å². The van der Waals surface area contributed by atoms with Crippen LogP contribution in [0.1, 0.15) is 36.5 Å². The number of pyridine rings is 1. The van der Waals surface area contributed by atoms with Crippen LogP contribution in [0, 0.1) is 6.92 Å². The summed E-state index contributed by atoms with van der Waals surface area (Å²) in [6.45, 7) is 5.51. The maximum absolute atomic E-state index is 12.4. The van der Waals surface area contributed by atoms with E-state index < -0.39 is 5.60 Å². The molecule has 7 nitrogen and oxygen atoms in total. The fourth-order valence-electron chi connectivity index (χ4n) is 2.54. The molecule has 0 saturated carbocycles. The van der Waals surface area contributed by atoms with Gasteiger partial charge in [0, 0.05) is 29.7 Å². The monoisotopic (exact) mass is 339 g/mol. The Morgan fingerprint density at radius 3 is 2.92 bits per heavy atom. The van der Waals surface area contributed by atoms with Gasteiger partial charge >= 0.3 is 0 Å². The zero-order chi connectivity index (χ0) is 18.0. The summed E-state index contributed by atoms with van der Waals surface area (Å²) in [5.41, 5.74) is 0.780. The summed E-state index contributed by atoms with van der Waals surface area (Å²) >= 11 is 0. The second-order valence-corrected chi connectivity index (χ2v) is 6.34. The van der Waals surface area contributed by atoms with Gasteiger partial charge in [-0.25, -0.2) is 4.68 Å². The summed E-state index contributed by atoms with van der Waals surface area (Å²) in [6, 6.07) is 7.72. The minimum absolute atomic E-state index is 0.161. The molecule has 130 valence electrons. The van der Waals surface area contributed by atoms with Crippen molar-refractivity contribution in [1.29, 1.82) is 0 Å². The molecular weight excluding hydrogens is 318 g/mol. The van der Waals surface area contributed by atoms with Gasteiger partial charge < -0.3 is 10.4 Å². The van der Waals surface area contributed by atoms with Gasteiger partial charge in [-0.2, -0.15) is 0 Å². The van der Waals surface area contributed by atoms with Crippen molar-refractivity contribution in [2.45, 2.75) is 32.8 Å². The van der Waals surface area contributed by atoms with E-state index in [4.69, 9.17) is 0 Å². The number of carbonyl (C=O) groups is 1. The number of amides is 1. The zero-order valence-electron chi connectivity index (χ0n) is 14.5. The average Bonchev–Trinajstić information content (AvgIpc) is 3.00. The Balaban J connectivity index is 1.92. The third-order valence-electron chi connectivity index (χ3n) is 4.39. The predicted molar refractivity (Wildman–Crippen MR) is 94.6 cm³/mol. The molecule has 1 aromatic carbocycles. The van der Waals surface area contributed by atoms with E-state index in [1.54, 1.807) is 30.9 Å². The smallest absolute Gasteiger partial charge is 0.273 e. The average molecular weight is 339 g/mol. The highest BCUT2D eigenvalue weighted by Crippen LogP contribution is 2.22. The van der Waals surface area contributed by atoms with Gasteiger partial charge in [0.05, 0.1) is 17.0 Å². The van der Waals surface area contributed by atoms with Crippen molar-refractivity contribution in [2.75, 3.05) is 6.54 Å². The Labute approximate surface area is 145 Å². The molecular formula is C18H21N5O2. The highest BCUT2D eigenvalue weighted by Gasteiger charge is 2.22. The molecule has 0 spiro atoms. The number of hydrogen-bond acceptors (Lipinski definition) is 5. The molecule has 2 aromatic heterocycles. The van der Waals surface area contributed by atoms with Crippen molar-refractivity contribution in [3.63, 3.8) is 0 Å². The van der Waals surface area contributed by atoms with Gasteiger partial charge in [-0.3, -0.25) is 9.78 Å². The van der Waals surface area contributed by atoms with Crippen LogP contribution in [0.3, 0.4) is 0 Å². The molecule has 0 bridgehead atoms. The third kappa shape index (κ3) is 3.36. The molecule has 3 rings (SSSR count). The van der Waals surface area contributed by atoms with Crippen molar-refractivity contribution < 1.29 is 9.90 Å². The number of carbonyl (C=O) groups excluding carboxylic acids is 1. The van der Waals surface area contributed by atoms with E-state index in [-0.39, 0.29) is 18.1 Å². The van der Waals surface area contributed by atoms with Crippen LogP contribution in [0.25, 0.3) is 16.5 Å². The summed E-state index contributed by atoms with van der Waals surface area (Å²) in [4.78, 5) is 16.5. The normalized spacial score (nSPS) is 13.6. The molecule has 0 aliphatic heterocycles. The lowest BCUT2D eigenvalue weighted by atomic mass is 10.0. The molecule has 3 aromatic rings. The molecule has 1 amide bonds. The Morgan fingerprint density at radius 2 is 2.16 bits per heavy atom. The first-order valence-electron chi connectivity index (χ1n) is 8.19. The Morgan fingerprint density at radius 1 is 1.36 bits per heavy atom. The van der Waals surface area contributed by atoms with Crippen LogP contribution in [0.4, 0.5) is 0 Å². The summed E-state index contributed by atoms with van der Waals surface area (Å²) in [7, 11) is 0. The van der Waals surface area contributed by atoms with Crippen molar-refractivity contribution >= 4 is 16.7 Å². The standard InChI is InChI=1S/C18H21N5O2/c1-4-18(3,25)11-20-17(24)16-12(2)23(22-21-16)15-7-5-6-13-10-19-9-8-14(13)15/h5-10,25H,4,11H2,1-3H3,(H,20,24)/t18-/m0/s1. The van der Waals surface area contributed by atoms with Crippen molar-refractivity contribution in [3.8, 4) is 5.69 Å². The number of nitrogens with zero attached hydrogens (tertiary/aromatic N) is 4. The van der Waals surface area contributed by atoms with Crippen LogP contribution < -0.4 is 5.32 Å². The highest BCUT2D eigenvalue weighted by atomic mass is 16.3. The van der Waals surface area contributed by atoms with E-state index in [9.17, 15) is 9.90 Å². The molecule has 25 heavy (non-hydrogen) atoms. The zero-order valence-corrected chi connectivity index (χ0v) is 14.5. The van der Waals surface area contributed by atoms with Crippen LogP contribution >= 0.6 is 0 Å². The fraction of sp³-hybridized carbons (Fsp3) is 0.333. The van der Waals surface area contributed by atoms with E-state index in [0.717, 1.165) is 16.5 Å². The molecule has 2 N–H and O–H groups in total.